The highest BCUT2D eigenvalue weighted by Crippen LogP contribution is 2.22. The molecule has 1 aromatic heterocycles. The second kappa shape index (κ2) is 7.66. The quantitative estimate of drug-likeness (QED) is 0.629. The maximum Gasteiger partial charge on any atom is 0.417 e. The van der Waals surface area contributed by atoms with Crippen LogP contribution in [0.3, 0.4) is 0 Å². The molecule has 156 valence electrons. The van der Waals surface area contributed by atoms with Crippen molar-refractivity contribution in [3.05, 3.63) is 58.3 Å². The van der Waals surface area contributed by atoms with Gasteiger partial charge in [-0.15, -0.1) is 0 Å². The molecule has 1 atom stereocenters. The molecule has 4 rings (SSSR count). The fourth-order valence-electron chi connectivity index (χ4n) is 3.61. The van der Waals surface area contributed by atoms with Gasteiger partial charge in [0, 0.05) is 43.1 Å². The lowest BCUT2D eigenvalue weighted by atomic mass is 10.1. The fraction of sp³-hybridized carbons (Fsp3) is 0.286. The standard InChI is InChI=1S/C21H21FN4O4/c1-12-3-5-15(10-16(12)22)25-7-8-26(13(2)11-25)20(28)19(27)23-14-4-6-17-18(9-14)30-21(29)24-17/h3-6,9-10,13H,7-8,11H2,1-2H3,(H,23,27)(H,24,29)/t13-/m1/s1. The highest BCUT2D eigenvalue weighted by atomic mass is 19.1. The molecule has 0 radical (unpaired) electrons. The first-order valence-electron chi connectivity index (χ1n) is 9.58. The summed E-state index contributed by atoms with van der Waals surface area (Å²) in [7, 11) is 0. The van der Waals surface area contributed by atoms with Gasteiger partial charge in [0.25, 0.3) is 0 Å². The number of anilines is 2. The zero-order valence-corrected chi connectivity index (χ0v) is 16.6. The number of fused-ring (bicyclic) bond motifs is 1. The van der Waals surface area contributed by atoms with Crippen LogP contribution in [0.15, 0.2) is 45.6 Å². The fourth-order valence-corrected chi connectivity index (χ4v) is 3.61. The van der Waals surface area contributed by atoms with E-state index in [1.807, 2.05) is 17.9 Å². The van der Waals surface area contributed by atoms with Gasteiger partial charge < -0.3 is 19.5 Å². The Morgan fingerprint density at radius 3 is 2.73 bits per heavy atom. The summed E-state index contributed by atoms with van der Waals surface area (Å²) < 4.78 is 18.8. The third-order valence-electron chi connectivity index (χ3n) is 5.28. The largest absolute Gasteiger partial charge is 0.417 e. The van der Waals surface area contributed by atoms with Crippen LogP contribution >= 0.6 is 0 Å². The molecule has 2 heterocycles. The van der Waals surface area contributed by atoms with E-state index in [-0.39, 0.29) is 17.4 Å². The number of oxazole rings is 1. The summed E-state index contributed by atoms with van der Waals surface area (Å²) in [5.74, 6) is -2.28. The minimum Gasteiger partial charge on any atom is -0.408 e. The van der Waals surface area contributed by atoms with Gasteiger partial charge in [0.15, 0.2) is 5.58 Å². The van der Waals surface area contributed by atoms with Gasteiger partial charge in [0.2, 0.25) is 0 Å². The summed E-state index contributed by atoms with van der Waals surface area (Å²) in [6, 6.07) is 9.48. The number of hydrogen-bond acceptors (Lipinski definition) is 5. The molecule has 1 saturated heterocycles. The molecule has 0 bridgehead atoms. The van der Waals surface area contributed by atoms with Crippen LogP contribution in [-0.2, 0) is 9.59 Å². The molecule has 2 N–H and O–H groups in total. The van der Waals surface area contributed by atoms with Crippen LogP contribution in [0, 0.1) is 12.7 Å². The number of nitrogens with zero attached hydrogens (tertiary/aromatic N) is 2. The highest BCUT2D eigenvalue weighted by Gasteiger charge is 2.31. The van der Waals surface area contributed by atoms with Crippen LogP contribution in [0.4, 0.5) is 15.8 Å². The number of carbonyl (C=O) groups is 2. The first-order chi connectivity index (χ1) is 14.3. The summed E-state index contributed by atoms with van der Waals surface area (Å²) >= 11 is 0. The second-order valence-electron chi connectivity index (χ2n) is 7.41. The van der Waals surface area contributed by atoms with Crippen LogP contribution in [0.5, 0.6) is 0 Å². The van der Waals surface area contributed by atoms with Gasteiger partial charge in [0.1, 0.15) is 5.82 Å². The monoisotopic (exact) mass is 412 g/mol. The van der Waals surface area contributed by atoms with Crippen LogP contribution in [0.25, 0.3) is 11.1 Å². The van der Waals surface area contributed by atoms with E-state index in [0.29, 0.717) is 36.4 Å². The Bertz CT molecular complexity index is 1190. The number of amides is 2. The number of aromatic amines is 1. The van der Waals surface area contributed by atoms with E-state index < -0.39 is 17.6 Å². The molecular weight excluding hydrogens is 391 g/mol. The van der Waals surface area contributed by atoms with E-state index in [1.165, 1.54) is 17.0 Å². The number of piperazine rings is 1. The van der Waals surface area contributed by atoms with Crippen molar-refractivity contribution in [2.45, 2.75) is 19.9 Å². The van der Waals surface area contributed by atoms with Gasteiger partial charge in [-0.3, -0.25) is 14.6 Å². The van der Waals surface area contributed by atoms with Crippen molar-refractivity contribution in [1.82, 2.24) is 9.88 Å². The van der Waals surface area contributed by atoms with Crippen molar-refractivity contribution in [1.29, 1.82) is 0 Å². The Labute approximate surface area is 171 Å². The molecule has 0 aliphatic carbocycles. The molecule has 9 heteroatoms. The predicted octanol–water partition coefficient (Wildman–Crippen LogP) is 2.24. The van der Waals surface area contributed by atoms with Crippen LogP contribution in [0.2, 0.25) is 0 Å². The van der Waals surface area contributed by atoms with E-state index in [4.69, 9.17) is 4.42 Å². The minimum atomic E-state index is -0.770. The summed E-state index contributed by atoms with van der Waals surface area (Å²) in [5, 5.41) is 2.55. The molecule has 1 aliphatic rings. The number of H-pyrrole nitrogens is 1. The third kappa shape index (κ3) is 3.78. The molecular formula is C21H21FN4O4. The summed E-state index contributed by atoms with van der Waals surface area (Å²) in [4.78, 5) is 42.4. The molecule has 0 saturated carbocycles. The number of hydrogen-bond donors (Lipinski definition) is 2. The smallest absolute Gasteiger partial charge is 0.408 e. The molecule has 2 aromatic carbocycles. The first kappa shape index (κ1) is 19.7. The lowest BCUT2D eigenvalue weighted by Gasteiger charge is -2.40. The van der Waals surface area contributed by atoms with E-state index >= 15 is 0 Å². The van der Waals surface area contributed by atoms with Gasteiger partial charge in [-0.1, -0.05) is 6.07 Å². The van der Waals surface area contributed by atoms with Crippen molar-refractivity contribution >= 4 is 34.3 Å². The highest BCUT2D eigenvalue weighted by molar-refractivity contribution is 6.39. The van der Waals surface area contributed by atoms with Gasteiger partial charge in [0.05, 0.1) is 5.52 Å². The second-order valence-corrected chi connectivity index (χ2v) is 7.41. The number of benzene rings is 2. The molecule has 1 aliphatic heterocycles. The van der Waals surface area contributed by atoms with Crippen LogP contribution < -0.4 is 16.0 Å². The van der Waals surface area contributed by atoms with Crippen molar-refractivity contribution in [3.63, 3.8) is 0 Å². The van der Waals surface area contributed by atoms with Crippen LogP contribution in [0.1, 0.15) is 12.5 Å². The topological polar surface area (TPSA) is 98.6 Å². The number of aryl methyl sites for hydroxylation is 1. The van der Waals surface area contributed by atoms with E-state index in [1.54, 1.807) is 25.1 Å². The Morgan fingerprint density at radius 1 is 1.20 bits per heavy atom. The number of aromatic nitrogens is 1. The Kier molecular flexibility index (Phi) is 5.03. The Balaban J connectivity index is 1.42. The number of carbonyl (C=O) groups excluding carboxylic acids is 2. The summed E-state index contributed by atoms with van der Waals surface area (Å²) in [5.41, 5.74) is 2.47. The van der Waals surface area contributed by atoms with Crippen molar-refractivity contribution < 1.29 is 18.4 Å². The van der Waals surface area contributed by atoms with Crippen molar-refractivity contribution in [3.8, 4) is 0 Å². The average Bonchev–Trinajstić information content (AvgIpc) is 3.08. The molecule has 0 spiro atoms. The van der Waals surface area contributed by atoms with Gasteiger partial charge in [-0.05, 0) is 43.7 Å². The predicted molar refractivity (Wildman–Crippen MR) is 110 cm³/mol. The average molecular weight is 412 g/mol. The van der Waals surface area contributed by atoms with Crippen molar-refractivity contribution in [2.24, 2.45) is 0 Å². The van der Waals surface area contributed by atoms with E-state index in [0.717, 1.165) is 5.69 Å². The van der Waals surface area contributed by atoms with Crippen LogP contribution in [-0.4, -0.2) is 47.4 Å². The zero-order valence-electron chi connectivity index (χ0n) is 16.6. The molecule has 1 fully saturated rings. The lowest BCUT2D eigenvalue weighted by molar-refractivity contribution is -0.144. The normalized spacial score (nSPS) is 16.7. The van der Waals surface area contributed by atoms with Gasteiger partial charge in [-0.2, -0.15) is 0 Å². The lowest BCUT2D eigenvalue weighted by Crippen LogP contribution is -2.56. The van der Waals surface area contributed by atoms with Gasteiger partial charge >= 0.3 is 17.6 Å². The minimum absolute atomic E-state index is 0.230. The molecule has 0 unspecified atom stereocenters. The number of rotatable bonds is 2. The number of halogens is 1. The Hall–Kier alpha value is -3.62. The van der Waals surface area contributed by atoms with Crippen molar-refractivity contribution in [2.75, 3.05) is 29.9 Å². The molecule has 8 nitrogen and oxygen atoms in total. The summed E-state index contributed by atoms with van der Waals surface area (Å²) in [6.45, 7) is 4.88. The molecule has 30 heavy (non-hydrogen) atoms. The summed E-state index contributed by atoms with van der Waals surface area (Å²) in [6.07, 6.45) is 0. The zero-order chi connectivity index (χ0) is 21.4. The van der Waals surface area contributed by atoms with E-state index in [9.17, 15) is 18.8 Å². The maximum atomic E-state index is 13.9. The first-order valence-corrected chi connectivity index (χ1v) is 9.58. The van der Waals surface area contributed by atoms with Gasteiger partial charge in [-0.25, -0.2) is 9.18 Å². The molecule has 2 amide bonds. The van der Waals surface area contributed by atoms with E-state index in [2.05, 4.69) is 10.3 Å². The molecule has 3 aromatic rings. The third-order valence-corrected chi connectivity index (χ3v) is 5.28. The Morgan fingerprint density at radius 2 is 2.00 bits per heavy atom. The maximum absolute atomic E-state index is 13.9. The number of nitrogens with one attached hydrogen (secondary N) is 2. The SMILES string of the molecule is Cc1ccc(N2CCN(C(=O)C(=O)Nc3ccc4[nH]c(=O)oc4c3)[C@H](C)C2)cc1F.